The minimum atomic E-state index is -0.429. The molecule has 0 bridgehead atoms. The van der Waals surface area contributed by atoms with Crippen LogP contribution in [0.4, 0.5) is 0 Å². The van der Waals surface area contributed by atoms with E-state index in [1.165, 1.54) is 11.0 Å². The first kappa shape index (κ1) is 12.2. The number of ketones is 2. The Hall–Kier alpha value is -2.52. The fourth-order valence-electron chi connectivity index (χ4n) is 2.75. The van der Waals surface area contributed by atoms with Crippen molar-refractivity contribution in [1.29, 1.82) is 0 Å². The van der Waals surface area contributed by atoms with E-state index in [4.69, 9.17) is 0 Å². The molecule has 21 heavy (non-hydrogen) atoms. The van der Waals surface area contributed by atoms with Crippen LogP contribution in [0, 0.1) is 0 Å². The molecule has 0 amide bonds. The van der Waals surface area contributed by atoms with Gasteiger partial charge >= 0.3 is 0 Å². The van der Waals surface area contributed by atoms with Crippen LogP contribution in [0.25, 0.3) is 21.1 Å². The van der Waals surface area contributed by atoms with Crippen LogP contribution in [0.1, 0.15) is 15.2 Å². The zero-order valence-electron chi connectivity index (χ0n) is 11.1. The Kier molecular flexibility index (Phi) is 2.62. The largest absolute Gasteiger partial charge is 0.286 e. The van der Waals surface area contributed by atoms with Crippen LogP contribution in [0.3, 0.4) is 0 Å². The predicted molar refractivity (Wildman–Crippen MR) is 86.1 cm³/mol. The fourth-order valence-corrected chi connectivity index (χ4v) is 5.14. The Labute approximate surface area is 124 Å². The minimum absolute atomic E-state index is 0.298. The summed E-state index contributed by atoms with van der Waals surface area (Å²) in [4.78, 5) is 26.1. The van der Waals surface area contributed by atoms with Crippen molar-refractivity contribution < 1.29 is 9.59 Å². The summed E-state index contributed by atoms with van der Waals surface area (Å²) >= 11 is 0. The molecule has 2 aromatic carbocycles. The maximum atomic E-state index is 12.3. The van der Waals surface area contributed by atoms with E-state index in [9.17, 15) is 9.59 Å². The molecule has 0 radical (unpaired) electrons. The van der Waals surface area contributed by atoms with Gasteiger partial charge in [-0.05, 0) is 30.3 Å². The van der Waals surface area contributed by atoms with Crippen molar-refractivity contribution in [1.82, 2.24) is 0 Å². The number of Topliss-reactive ketones (excluding diaryl/α,β-unsaturated/α-hetero) is 1. The van der Waals surface area contributed by atoms with Gasteiger partial charge in [0.25, 0.3) is 0 Å². The number of hydrogen-bond donors (Lipinski definition) is 0. The molecule has 2 nitrogen and oxygen atoms in total. The third-order valence-corrected chi connectivity index (χ3v) is 5.98. The van der Waals surface area contributed by atoms with Crippen molar-refractivity contribution >= 4 is 38.2 Å². The predicted octanol–water partition coefficient (Wildman–Crippen LogP) is 4.36. The lowest BCUT2D eigenvalue weighted by molar-refractivity contribution is -0.110. The summed E-state index contributed by atoms with van der Waals surface area (Å²) in [5.74, 6) is -0.812. The molecular weight excluding hydrogens is 280 g/mol. The monoisotopic (exact) mass is 291 g/mol. The molecule has 1 aliphatic carbocycles. The Morgan fingerprint density at radius 1 is 0.762 bits per heavy atom. The molecule has 3 heteroatoms. The topological polar surface area (TPSA) is 34.1 Å². The number of allylic oxidation sites excluding steroid dienone is 1. The van der Waals surface area contributed by atoms with Gasteiger partial charge in [0.15, 0.2) is 14.5 Å². The van der Waals surface area contributed by atoms with Gasteiger partial charge in [0, 0.05) is 16.5 Å². The lowest BCUT2D eigenvalue weighted by Crippen LogP contribution is -2.14. The zero-order valence-corrected chi connectivity index (χ0v) is 11.9. The number of hydrogen-bond acceptors (Lipinski definition) is 2. The van der Waals surface area contributed by atoms with Gasteiger partial charge in [0.05, 0.1) is 10.9 Å². The van der Waals surface area contributed by atoms with Crippen LogP contribution in [-0.2, 0) is 4.79 Å². The highest BCUT2D eigenvalue weighted by molar-refractivity contribution is 7.46. The maximum Gasteiger partial charge on any atom is 0.239 e. The van der Waals surface area contributed by atoms with Crippen molar-refractivity contribution in [3.05, 3.63) is 71.1 Å². The quantitative estimate of drug-likeness (QED) is 0.493. The molecule has 100 valence electrons. The highest BCUT2D eigenvalue weighted by Crippen LogP contribution is 2.48. The summed E-state index contributed by atoms with van der Waals surface area (Å²) < 4.78 is 1.13. The summed E-state index contributed by atoms with van der Waals surface area (Å²) in [7, 11) is -0.298. The summed E-state index contributed by atoms with van der Waals surface area (Å²) in [5, 5.41) is 0.905. The van der Waals surface area contributed by atoms with Crippen molar-refractivity contribution in [2.24, 2.45) is 0 Å². The first-order valence-electron chi connectivity index (χ1n) is 6.67. The van der Waals surface area contributed by atoms with Crippen molar-refractivity contribution in [2.75, 3.05) is 0 Å². The highest BCUT2D eigenvalue weighted by atomic mass is 32.2. The smallest absolute Gasteiger partial charge is 0.239 e. The second-order valence-corrected chi connectivity index (χ2v) is 6.84. The van der Waals surface area contributed by atoms with E-state index in [1.807, 2.05) is 42.5 Å². The molecule has 0 spiro atoms. The van der Waals surface area contributed by atoms with Crippen molar-refractivity contribution in [2.45, 2.75) is 0 Å². The molecule has 0 saturated carbocycles. The summed E-state index contributed by atoms with van der Waals surface area (Å²) in [6, 6.07) is 18.0. The van der Waals surface area contributed by atoms with E-state index < -0.39 is 5.78 Å². The summed E-state index contributed by atoms with van der Waals surface area (Å²) in [6.45, 7) is 0. The third-order valence-electron chi connectivity index (χ3n) is 3.66. The second-order valence-electron chi connectivity index (χ2n) is 4.88. The molecule has 1 atom stereocenters. The molecular formula is C18H11O2S+. The molecule has 0 fully saturated rings. The van der Waals surface area contributed by atoms with Gasteiger partial charge in [-0.1, -0.05) is 30.3 Å². The molecule has 1 heterocycles. The van der Waals surface area contributed by atoms with E-state index in [0.717, 1.165) is 15.0 Å². The van der Waals surface area contributed by atoms with Gasteiger partial charge in [-0.3, -0.25) is 9.59 Å². The third kappa shape index (κ3) is 1.71. The van der Waals surface area contributed by atoms with Gasteiger partial charge in [-0.2, -0.15) is 0 Å². The Bertz CT molecular complexity index is 917. The fraction of sp³-hybridized carbons (Fsp3) is 0. The van der Waals surface area contributed by atoms with E-state index in [2.05, 4.69) is 18.2 Å². The number of carbonyl (C=O) groups excluding carboxylic acids is 2. The lowest BCUT2D eigenvalue weighted by Gasteiger charge is -2.00. The van der Waals surface area contributed by atoms with Crippen LogP contribution >= 0.6 is 10.5 Å². The van der Waals surface area contributed by atoms with Crippen LogP contribution in [0.2, 0.25) is 0 Å². The van der Waals surface area contributed by atoms with Crippen LogP contribution in [0.5, 0.6) is 0 Å². The summed E-state index contributed by atoms with van der Waals surface area (Å²) in [6.07, 6.45) is 3.21. The van der Waals surface area contributed by atoms with Crippen LogP contribution in [-0.4, -0.2) is 11.6 Å². The maximum absolute atomic E-state index is 12.3. The molecule has 0 saturated heterocycles. The average Bonchev–Trinajstić information content (AvgIpc) is 2.87. The zero-order chi connectivity index (χ0) is 14.4. The highest BCUT2D eigenvalue weighted by Gasteiger charge is 2.35. The Balaban J connectivity index is 2.17. The van der Waals surface area contributed by atoms with Gasteiger partial charge in [-0.15, -0.1) is 0 Å². The minimum Gasteiger partial charge on any atom is -0.286 e. The molecule has 0 aliphatic heterocycles. The normalized spacial score (nSPS) is 14.6. The Morgan fingerprint density at radius 2 is 1.48 bits per heavy atom. The van der Waals surface area contributed by atoms with Gasteiger partial charge < -0.3 is 0 Å². The average molecular weight is 291 g/mol. The number of thiophene rings is 1. The van der Waals surface area contributed by atoms with Crippen LogP contribution < -0.4 is 0 Å². The van der Waals surface area contributed by atoms with Crippen molar-refractivity contribution in [3.8, 4) is 4.90 Å². The Morgan fingerprint density at radius 3 is 2.29 bits per heavy atom. The summed E-state index contributed by atoms with van der Waals surface area (Å²) in [5.41, 5.74) is 0.588. The lowest BCUT2D eigenvalue weighted by atomic mass is 9.99. The second kappa shape index (κ2) is 4.50. The SMILES string of the molecule is O=C1C=Cc2c(c3ccccc3[s+]2-c2ccccc2)C1=O. The first-order chi connectivity index (χ1) is 10.3. The molecule has 3 aromatic rings. The van der Waals surface area contributed by atoms with E-state index in [0.29, 0.717) is 5.56 Å². The number of carbonyl (C=O) groups is 2. The molecule has 1 aliphatic rings. The number of rotatable bonds is 1. The molecule has 4 rings (SSSR count). The van der Waals surface area contributed by atoms with E-state index in [1.54, 1.807) is 0 Å². The number of benzene rings is 2. The van der Waals surface area contributed by atoms with Crippen molar-refractivity contribution in [3.63, 3.8) is 0 Å². The molecule has 1 unspecified atom stereocenters. The van der Waals surface area contributed by atoms with Crippen LogP contribution in [0.15, 0.2) is 60.7 Å². The molecule has 1 aromatic heterocycles. The number of fused-ring (bicyclic) bond motifs is 3. The van der Waals surface area contributed by atoms with E-state index in [-0.39, 0.29) is 16.3 Å². The van der Waals surface area contributed by atoms with E-state index >= 15 is 0 Å². The van der Waals surface area contributed by atoms with Gasteiger partial charge in [0.2, 0.25) is 11.6 Å². The van der Waals surface area contributed by atoms with Gasteiger partial charge in [0.1, 0.15) is 0 Å². The van der Waals surface area contributed by atoms with Gasteiger partial charge in [-0.25, -0.2) is 0 Å². The first-order valence-corrected chi connectivity index (χ1v) is 7.89. The molecule has 0 N–H and O–H groups in total. The standard InChI is InChI=1S/C18H11O2S/c19-14-10-11-16-17(18(14)20)13-8-4-5-9-15(13)21(16)12-6-2-1-3-7-12/h1-11H/q+1.